The van der Waals surface area contributed by atoms with Crippen LogP contribution in [0.5, 0.6) is 0 Å². The topological polar surface area (TPSA) is 96.0 Å². The molecule has 8 nitrogen and oxygen atoms in total. The first-order valence-electron chi connectivity index (χ1n) is 9.45. The van der Waals surface area contributed by atoms with Gasteiger partial charge in [0.05, 0.1) is 17.4 Å². The lowest BCUT2D eigenvalue weighted by atomic mass is 9.98. The number of hydrogen-bond donors (Lipinski definition) is 1. The molecule has 9 heteroatoms. The number of nitrogens with one attached hydrogen (secondary N) is 1. The van der Waals surface area contributed by atoms with Crippen molar-refractivity contribution in [3.05, 3.63) is 24.3 Å². The zero-order valence-corrected chi connectivity index (χ0v) is 17.5. The fourth-order valence-electron chi connectivity index (χ4n) is 3.12. The van der Waals surface area contributed by atoms with Crippen molar-refractivity contribution in [1.29, 1.82) is 0 Å². The number of sulfonamides is 1. The lowest BCUT2D eigenvalue weighted by Crippen LogP contribution is -2.40. The van der Waals surface area contributed by atoms with Crippen molar-refractivity contribution in [3.63, 3.8) is 0 Å². The third-order valence-corrected chi connectivity index (χ3v) is 6.53. The molecule has 0 radical (unpaired) electrons. The summed E-state index contributed by atoms with van der Waals surface area (Å²) in [5.74, 6) is -0.436. The fraction of sp³-hybridized carbons (Fsp3) is 0.579. The van der Waals surface area contributed by atoms with E-state index in [-0.39, 0.29) is 22.7 Å². The van der Waals surface area contributed by atoms with Gasteiger partial charge in [-0.2, -0.15) is 0 Å². The van der Waals surface area contributed by atoms with Crippen LogP contribution in [0, 0.1) is 5.92 Å². The molecule has 1 fully saturated rings. The van der Waals surface area contributed by atoms with E-state index >= 15 is 0 Å². The highest BCUT2D eigenvalue weighted by atomic mass is 32.2. The molecule has 0 bridgehead atoms. The second-order valence-corrected chi connectivity index (χ2v) is 9.15. The third-order valence-electron chi connectivity index (χ3n) is 4.70. The maximum atomic E-state index is 12.2. The zero-order chi connectivity index (χ0) is 20.7. The Bertz CT molecular complexity index is 777. The summed E-state index contributed by atoms with van der Waals surface area (Å²) in [6.07, 6.45) is 2.03. The molecule has 1 saturated heterocycles. The Hall–Kier alpha value is -1.97. The van der Waals surface area contributed by atoms with Gasteiger partial charge in [0.1, 0.15) is 0 Å². The summed E-state index contributed by atoms with van der Waals surface area (Å²) in [6.45, 7) is 4.22. The van der Waals surface area contributed by atoms with Crippen LogP contribution in [0.2, 0.25) is 0 Å². The number of ether oxygens (including phenoxy) is 1. The number of carbonyl (C=O) groups is 2. The number of carbonyl (C=O) groups excluding carboxylic acids is 2. The van der Waals surface area contributed by atoms with E-state index in [1.54, 1.807) is 19.1 Å². The predicted octanol–water partition coefficient (Wildman–Crippen LogP) is 1.54. The molecular formula is C19H29N3O5S. The molecule has 0 unspecified atom stereocenters. The summed E-state index contributed by atoms with van der Waals surface area (Å²) >= 11 is 0. The Labute approximate surface area is 166 Å². The number of piperidine rings is 1. The third kappa shape index (κ3) is 6.02. The second-order valence-electron chi connectivity index (χ2n) is 7.00. The largest absolute Gasteiger partial charge is 0.466 e. The number of benzene rings is 1. The Morgan fingerprint density at radius 3 is 2.54 bits per heavy atom. The Morgan fingerprint density at radius 2 is 1.93 bits per heavy atom. The molecule has 1 atom stereocenters. The molecule has 0 aromatic heterocycles. The molecule has 1 aliphatic heterocycles. The quantitative estimate of drug-likeness (QED) is 0.652. The Kier molecular flexibility index (Phi) is 7.97. The van der Waals surface area contributed by atoms with E-state index in [1.165, 1.54) is 26.2 Å². The summed E-state index contributed by atoms with van der Waals surface area (Å²) in [4.78, 5) is 26.4. The van der Waals surface area contributed by atoms with Crippen LogP contribution in [0.1, 0.15) is 26.2 Å². The number of rotatable bonds is 8. The van der Waals surface area contributed by atoms with Gasteiger partial charge in [-0.1, -0.05) is 0 Å². The lowest BCUT2D eigenvalue weighted by Gasteiger charge is -2.31. The average molecular weight is 412 g/mol. The minimum absolute atomic E-state index is 0.122. The summed E-state index contributed by atoms with van der Waals surface area (Å²) in [7, 11) is -0.547. The lowest BCUT2D eigenvalue weighted by molar-refractivity contribution is -0.149. The number of amides is 1. The summed E-state index contributed by atoms with van der Waals surface area (Å²) in [6, 6.07) is 6.09. The van der Waals surface area contributed by atoms with Gasteiger partial charge in [0.25, 0.3) is 0 Å². The number of anilines is 1. The molecule has 28 heavy (non-hydrogen) atoms. The fourth-order valence-corrected chi connectivity index (χ4v) is 4.02. The van der Waals surface area contributed by atoms with Crippen molar-refractivity contribution in [1.82, 2.24) is 9.21 Å². The van der Waals surface area contributed by atoms with Gasteiger partial charge in [-0.05, 0) is 50.6 Å². The van der Waals surface area contributed by atoms with Crippen molar-refractivity contribution in [2.24, 2.45) is 5.92 Å². The van der Waals surface area contributed by atoms with Crippen LogP contribution < -0.4 is 5.32 Å². The molecule has 1 amide bonds. The molecule has 0 aliphatic carbocycles. The molecule has 1 heterocycles. The van der Waals surface area contributed by atoms with E-state index in [9.17, 15) is 18.0 Å². The van der Waals surface area contributed by atoms with Gasteiger partial charge in [0.15, 0.2) is 0 Å². The first kappa shape index (κ1) is 22.3. The van der Waals surface area contributed by atoms with Gasteiger partial charge >= 0.3 is 5.97 Å². The van der Waals surface area contributed by atoms with Crippen LogP contribution in [0.4, 0.5) is 5.69 Å². The van der Waals surface area contributed by atoms with Crippen LogP contribution in [-0.2, 0) is 24.3 Å². The number of esters is 1. The Balaban J connectivity index is 1.83. The van der Waals surface area contributed by atoms with E-state index in [4.69, 9.17) is 4.74 Å². The minimum Gasteiger partial charge on any atom is -0.466 e. The monoisotopic (exact) mass is 411 g/mol. The minimum atomic E-state index is -3.49. The van der Waals surface area contributed by atoms with Crippen LogP contribution in [0.25, 0.3) is 0 Å². The number of likely N-dealkylation sites (tertiary alicyclic amines) is 1. The molecular weight excluding hydrogens is 382 g/mol. The van der Waals surface area contributed by atoms with Crippen molar-refractivity contribution in [3.8, 4) is 0 Å². The van der Waals surface area contributed by atoms with Crippen molar-refractivity contribution in [2.75, 3.05) is 45.7 Å². The van der Waals surface area contributed by atoms with Crippen molar-refractivity contribution < 1.29 is 22.7 Å². The highest BCUT2D eigenvalue weighted by molar-refractivity contribution is 7.89. The van der Waals surface area contributed by atoms with Gasteiger partial charge < -0.3 is 15.0 Å². The van der Waals surface area contributed by atoms with E-state index in [1.807, 2.05) is 0 Å². The molecule has 0 spiro atoms. The SMILES string of the molecule is CCOC(=O)[C@@H]1CCCN(CCC(=O)Nc2ccc(S(=O)(=O)N(C)C)cc2)C1. The molecule has 1 aliphatic rings. The summed E-state index contributed by atoms with van der Waals surface area (Å²) in [5, 5.41) is 2.78. The maximum Gasteiger partial charge on any atom is 0.310 e. The maximum absolute atomic E-state index is 12.2. The van der Waals surface area contributed by atoms with Gasteiger partial charge in [0.2, 0.25) is 15.9 Å². The van der Waals surface area contributed by atoms with Gasteiger partial charge in [0, 0.05) is 39.3 Å². The van der Waals surface area contributed by atoms with Crippen molar-refractivity contribution >= 4 is 27.6 Å². The van der Waals surface area contributed by atoms with Crippen LogP contribution in [0.3, 0.4) is 0 Å². The van der Waals surface area contributed by atoms with E-state index in [0.29, 0.717) is 31.8 Å². The molecule has 1 N–H and O–H groups in total. The molecule has 156 valence electrons. The number of hydrogen-bond acceptors (Lipinski definition) is 6. The predicted molar refractivity (Wildman–Crippen MR) is 106 cm³/mol. The standard InChI is InChI=1S/C19H29N3O5S/c1-4-27-19(24)15-6-5-12-22(14-15)13-11-18(23)20-16-7-9-17(10-8-16)28(25,26)21(2)3/h7-10,15H,4-6,11-14H2,1-3H3,(H,20,23)/t15-/m1/s1. The van der Waals surface area contributed by atoms with Crippen LogP contribution in [0.15, 0.2) is 29.2 Å². The van der Waals surface area contributed by atoms with E-state index < -0.39 is 10.0 Å². The Morgan fingerprint density at radius 1 is 1.25 bits per heavy atom. The van der Waals surface area contributed by atoms with E-state index in [2.05, 4.69) is 10.2 Å². The molecule has 2 rings (SSSR count). The first-order chi connectivity index (χ1) is 13.2. The zero-order valence-electron chi connectivity index (χ0n) is 16.7. The normalized spacial score (nSPS) is 18.1. The average Bonchev–Trinajstić information content (AvgIpc) is 2.67. The smallest absolute Gasteiger partial charge is 0.310 e. The van der Waals surface area contributed by atoms with Gasteiger partial charge in [-0.25, -0.2) is 12.7 Å². The number of nitrogens with zero attached hydrogens (tertiary/aromatic N) is 2. The van der Waals surface area contributed by atoms with E-state index in [0.717, 1.165) is 23.7 Å². The summed E-state index contributed by atoms with van der Waals surface area (Å²) < 4.78 is 30.4. The second kappa shape index (κ2) is 9.99. The highest BCUT2D eigenvalue weighted by Gasteiger charge is 2.26. The molecule has 1 aromatic carbocycles. The molecule has 1 aromatic rings. The first-order valence-corrected chi connectivity index (χ1v) is 10.9. The molecule has 0 saturated carbocycles. The summed E-state index contributed by atoms with van der Waals surface area (Å²) in [5.41, 5.74) is 0.547. The van der Waals surface area contributed by atoms with Gasteiger partial charge in [-0.3, -0.25) is 9.59 Å². The van der Waals surface area contributed by atoms with Gasteiger partial charge in [-0.15, -0.1) is 0 Å². The van der Waals surface area contributed by atoms with Crippen LogP contribution in [-0.4, -0.2) is 69.8 Å². The highest BCUT2D eigenvalue weighted by Crippen LogP contribution is 2.19. The van der Waals surface area contributed by atoms with Crippen molar-refractivity contribution in [2.45, 2.75) is 31.1 Å². The van der Waals surface area contributed by atoms with Crippen LogP contribution >= 0.6 is 0 Å².